The molecule has 0 saturated carbocycles. The van der Waals surface area contributed by atoms with Gasteiger partial charge in [-0.15, -0.1) is 10.2 Å². The van der Waals surface area contributed by atoms with Crippen LogP contribution in [-0.4, -0.2) is 32.6 Å². The zero-order valence-electron chi connectivity index (χ0n) is 14.4. The molecule has 1 amide bonds. The molecule has 0 unspecified atom stereocenters. The third-order valence-corrected chi connectivity index (χ3v) is 5.01. The van der Waals surface area contributed by atoms with Gasteiger partial charge in [0, 0.05) is 30.4 Å². The van der Waals surface area contributed by atoms with Gasteiger partial charge in [-0.3, -0.25) is 14.7 Å². The summed E-state index contributed by atoms with van der Waals surface area (Å²) in [5.74, 6) is 0.287. The van der Waals surface area contributed by atoms with Crippen LogP contribution in [-0.2, 0) is 11.2 Å². The summed E-state index contributed by atoms with van der Waals surface area (Å²) < 4.78 is 13.7. The van der Waals surface area contributed by atoms with Gasteiger partial charge >= 0.3 is 0 Å². The number of pyridine rings is 1. The zero-order chi connectivity index (χ0) is 18.8. The average molecular weight is 386 g/mol. The Bertz CT molecular complexity index is 962. The maximum atomic E-state index is 13.7. The van der Waals surface area contributed by atoms with E-state index in [9.17, 15) is 9.18 Å². The van der Waals surface area contributed by atoms with Crippen LogP contribution >= 0.6 is 11.6 Å². The molecule has 3 heterocycles. The molecule has 8 heteroatoms. The fourth-order valence-electron chi connectivity index (χ4n) is 3.32. The number of benzene rings is 1. The lowest BCUT2D eigenvalue weighted by molar-refractivity contribution is -0.123. The highest BCUT2D eigenvalue weighted by molar-refractivity contribution is 6.30. The number of nitrogens with one attached hydrogen (secondary N) is 1. The van der Waals surface area contributed by atoms with E-state index in [1.165, 1.54) is 12.1 Å². The number of hydrogen-bond donors (Lipinski definition) is 1. The molecular formula is C19H17ClFN5O. The van der Waals surface area contributed by atoms with Gasteiger partial charge in [0.25, 0.3) is 0 Å². The van der Waals surface area contributed by atoms with Crippen LogP contribution in [0.15, 0.2) is 42.7 Å². The number of H-pyrrole nitrogens is 1. The molecule has 4 rings (SSSR count). The first-order valence-corrected chi connectivity index (χ1v) is 9.08. The number of aromatic amines is 1. The second-order valence-electron chi connectivity index (χ2n) is 6.51. The smallest absolute Gasteiger partial charge is 0.232 e. The van der Waals surface area contributed by atoms with E-state index >= 15 is 0 Å². The van der Waals surface area contributed by atoms with Crippen molar-refractivity contribution < 1.29 is 9.18 Å². The Morgan fingerprint density at radius 2 is 2.04 bits per heavy atom. The van der Waals surface area contributed by atoms with E-state index in [0.29, 0.717) is 24.7 Å². The monoisotopic (exact) mass is 385 g/mol. The van der Waals surface area contributed by atoms with Gasteiger partial charge < -0.3 is 4.98 Å². The van der Waals surface area contributed by atoms with Gasteiger partial charge in [-0.05, 0) is 49.1 Å². The molecule has 0 radical (unpaired) electrons. The van der Waals surface area contributed by atoms with Crippen LogP contribution in [0.1, 0.15) is 18.4 Å². The van der Waals surface area contributed by atoms with E-state index in [-0.39, 0.29) is 16.8 Å². The van der Waals surface area contributed by atoms with Crippen molar-refractivity contribution in [2.75, 3.05) is 11.4 Å². The van der Waals surface area contributed by atoms with Crippen LogP contribution < -0.4 is 4.90 Å². The largest absolute Gasteiger partial charge is 0.307 e. The van der Waals surface area contributed by atoms with E-state index in [1.54, 1.807) is 23.4 Å². The molecule has 138 valence electrons. The molecular weight excluding hydrogens is 369 g/mol. The van der Waals surface area contributed by atoms with Crippen molar-refractivity contribution in [2.45, 2.75) is 19.3 Å². The summed E-state index contributed by atoms with van der Waals surface area (Å²) in [5, 5.41) is 8.35. The first-order valence-electron chi connectivity index (χ1n) is 8.70. The molecule has 1 atom stereocenters. The molecule has 2 aromatic heterocycles. The van der Waals surface area contributed by atoms with E-state index in [1.807, 2.05) is 12.1 Å². The predicted octanol–water partition coefficient (Wildman–Crippen LogP) is 3.64. The quantitative estimate of drug-likeness (QED) is 0.744. The molecule has 3 aromatic rings. The normalized spacial score (nSPS) is 17.3. The number of carbonyl (C=O) groups excluding carboxylic acids is 1. The highest BCUT2D eigenvalue weighted by Gasteiger charge is 2.31. The molecule has 1 saturated heterocycles. The lowest BCUT2D eigenvalue weighted by Crippen LogP contribution is -2.42. The van der Waals surface area contributed by atoms with Crippen molar-refractivity contribution in [3.63, 3.8) is 0 Å². The van der Waals surface area contributed by atoms with Gasteiger partial charge in [0.2, 0.25) is 11.9 Å². The van der Waals surface area contributed by atoms with Crippen LogP contribution in [0.2, 0.25) is 5.02 Å². The second kappa shape index (κ2) is 7.44. The summed E-state index contributed by atoms with van der Waals surface area (Å²) >= 11 is 5.73. The molecule has 1 N–H and O–H groups in total. The maximum Gasteiger partial charge on any atom is 0.232 e. The molecule has 6 nitrogen and oxygen atoms in total. The number of halogens is 2. The topological polar surface area (TPSA) is 74.8 Å². The third kappa shape index (κ3) is 3.68. The fourth-order valence-corrected chi connectivity index (χ4v) is 3.43. The van der Waals surface area contributed by atoms with Gasteiger partial charge in [-0.25, -0.2) is 4.39 Å². The highest BCUT2D eigenvalue weighted by Crippen LogP contribution is 2.27. The minimum absolute atomic E-state index is 0.0333. The van der Waals surface area contributed by atoms with Gasteiger partial charge in [-0.1, -0.05) is 17.7 Å². The van der Waals surface area contributed by atoms with Crippen LogP contribution in [0.4, 0.5) is 10.3 Å². The summed E-state index contributed by atoms with van der Waals surface area (Å²) in [7, 11) is 0. The molecule has 1 aliphatic heterocycles. The van der Waals surface area contributed by atoms with E-state index in [2.05, 4.69) is 20.2 Å². The van der Waals surface area contributed by atoms with Crippen LogP contribution in [0.5, 0.6) is 0 Å². The Labute approximate surface area is 160 Å². The van der Waals surface area contributed by atoms with Crippen molar-refractivity contribution in [2.24, 2.45) is 5.92 Å². The lowest BCUT2D eigenvalue weighted by atomic mass is 9.90. The third-order valence-electron chi connectivity index (χ3n) is 4.70. The van der Waals surface area contributed by atoms with Crippen molar-refractivity contribution in [1.82, 2.24) is 20.2 Å². The highest BCUT2D eigenvalue weighted by atomic mass is 35.5. The molecule has 0 bridgehead atoms. The summed E-state index contributed by atoms with van der Waals surface area (Å²) in [6, 6.07) is 8.31. The van der Waals surface area contributed by atoms with Crippen molar-refractivity contribution in [3.8, 4) is 11.4 Å². The molecule has 27 heavy (non-hydrogen) atoms. The number of carbonyl (C=O) groups is 1. The molecule has 0 aliphatic carbocycles. The van der Waals surface area contributed by atoms with Crippen molar-refractivity contribution in [3.05, 3.63) is 59.1 Å². The Morgan fingerprint density at radius 1 is 1.22 bits per heavy atom. The summed E-state index contributed by atoms with van der Waals surface area (Å²) in [6.07, 6.45) is 5.41. The molecule has 1 aliphatic rings. The number of amides is 1. The van der Waals surface area contributed by atoms with E-state index < -0.39 is 5.82 Å². The number of rotatable bonds is 4. The van der Waals surface area contributed by atoms with E-state index in [4.69, 9.17) is 11.6 Å². The average Bonchev–Trinajstić information content (AvgIpc) is 3.17. The SMILES string of the molecule is O=C1[C@H](Cc2ccc(Cl)c(F)c2)CCCN1c1nnc(-c2ccncc2)[nH]1. The Morgan fingerprint density at radius 3 is 2.81 bits per heavy atom. The number of anilines is 1. The van der Waals surface area contributed by atoms with Crippen LogP contribution in [0.3, 0.4) is 0 Å². The molecule has 1 fully saturated rings. The van der Waals surface area contributed by atoms with Gasteiger partial charge in [-0.2, -0.15) is 0 Å². The van der Waals surface area contributed by atoms with Gasteiger partial charge in [0.15, 0.2) is 5.82 Å². The number of aromatic nitrogens is 4. The number of piperidine rings is 1. The maximum absolute atomic E-state index is 13.7. The van der Waals surface area contributed by atoms with Crippen molar-refractivity contribution in [1.29, 1.82) is 0 Å². The van der Waals surface area contributed by atoms with Gasteiger partial charge in [0.1, 0.15) is 5.82 Å². The Kier molecular flexibility index (Phi) is 4.85. The predicted molar refractivity (Wildman–Crippen MR) is 99.8 cm³/mol. The van der Waals surface area contributed by atoms with Crippen molar-refractivity contribution >= 4 is 23.5 Å². The first kappa shape index (κ1) is 17.6. The first-order chi connectivity index (χ1) is 13.1. The van der Waals surface area contributed by atoms with Crippen LogP contribution in [0.25, 0.3) is 11.4 Å². The molecule has 1 aromatic carbocycles. The lowest BCUT2D eigenvalue weighted by Gasteiger charge is -2.30. The fraction of sp³-hybridized carbons (Fsp3) is 0.263. The summed E-state index contributed by atoms with van der Waals surface area (Å²) in [5.41, 5.74) is 1.61. The van der Waals surface area contributed by atoms with E-state index in [0.717, 1.165) is 24.0 Å². The Hall–Kier alpha value is -2.80. The Balaban J connectivity index is 1.52. The summed E-state index contributed by atoms with van der Waals surface area (Å²) in [6.45, 7) is 0.579. The zero-order valence-corrected chi connectivity index (χ0v) is 15.2. The number of nitrogens with zero attached hydrogens (tertiary/aromatic N) is 4. The minimum Gasteiger partial charge on any atom is -0.307 e. The number of hydrogen-bond acceptors (Lipinski definition) is 4. The minimum atomic E-state index is -0.466. The molecule has 0 spiro atoms. The standard InChI is InChI=1S/C19H17ClFN5O/c20-15-4-3-12(11-16(15)21)10-14-2-1-9-26(18(14)27)19-23-17(24-25-19)13-5-7-22-8-6-13/h3-8,11,14H,1-2,9-10H2,(H,23,24,25)/t14-/m0/s1. The summed E-state index contributed by atoms with van der Waals surface area (Å²) in [4.78, 5) is 21.6. The second-order valence-corrected chi connectivity index (χ2v) is 6.92. The van der Waals surface area contributed by atoms with Crippen LogP contribution in [0, 0.1) is 11.7 Å². The van der Waals surface area contributed by atoms with Gasteiger partial charge in [0.05, 0.1) is 5.02 Å².